The Hall–Kier alpha value is -2.86. The van der Waals surface area contributed by atoms with Crippen molar-refractivity contribution in [1.29, 1.82) is 0 Å². The van der Waals surface area contributed by atoms with Gasteiger partial charge in [0.15, 0.2) is 11.5 Å². The number of H-pyrrole nitrogens is 1. The number of fused-ring (bicyclic) bond motifs is 1. The van der Waals surface area contributed by atoms with Crippen molar-refractivity contribution in [3.05, 3.63) is 63.7 Å². The second-order valence-corrected chi connectivity index (χ2v) is 8.16. The zero-order chi connectivity index (χ0) is 21.8. The second kappa shape index (κ2) is 9.30. The predicted molar refractivity (Wildman–Crippen MR) is 120 cm³/mol. The van der Waals surface area contributed by atoms with Crippen molar-refractivity contribution >= 4 is 10.9 Å². The minimum Gasteiger partial charge on any atom is -0.493 e. The summed E-state index contributed by atoms with van der Waals surface area (Å²) in [5.41, 5.74) is 2.94. The number of methoxy groups -OCH3 is 2. The van der Waals surface area contributed by atoms with Gasteiger partial charge in [0.25, 0.3) is 5.56 Å². The van der Waals surface area contributed by atoms with Crippen LogP contribution in [-0.2, 0) is 6.54 Å². The van der Waals surface area contributed by atoms with E-state index in [0.29, 0.717) is 46.6 Å². The second-order valence-electron chi connectivity index (χ2n) is 8.16. The molecule has 160 valence electrons. The molecular formula is C24H31N3O3. The Labute approximate surface area is 177 Å². The number of hydrogen-bond acceptors (Lipinski definition) is 5. The van der Waals surface area contributed by atoms with Crippen LogP contribution in [-0.4, -0.2) is 24.2 Å². The van der Waals surface area contributed by atoms with Crippen LogP contribution in [0.1, 0.15) is 56.6 Å². The molecule has 0 saturated carbocycles. The maximum atomic E-state index is 12.6. The standard InChI is InChI=1S/C24H31N3O3/c1-14(2)16-7-9-17(10-8-16)23(15(3)4)25-13-22-26-19-12-21(30-6)20(29-5)11-18(19)24(28)27-22/h7-12,14-15,23,25H,13H2,1-6H3,(H,26,27,28)/t23-/m1/s1. The minimum absolute atomic E-state index is 0.151. The van der Waals surface area contributed by atoms with Crippen LogP contribution in [0.25, 0.3) is 10.9 Å². The highest BCUT2D eigenvalue weighted by Gasteiger charge is 2.17. The molecule has 3 rings (SSSR count). The molecule has 0 bridgehead atoms. The van der Waals surface area contributed by atoms with Gasteiger partial charge in [0, 0.05) is 12.1 Å². The molecule has 0 saturated heterocycles. The van der Waals surface area contributed by atoms with Crippen LogP contribution >= 0.6 is 0 Å². The zero-order valence-corrected chi connectivity index (χ0v) is 18.6. The van der Waals surface area contributed by atoms with Crippen LogP contribution in [0, 0.1) is 5.92 Å². The van der Waals surface area contributed by atoms with E-state index in [-0.39, 0.29) is 11.6 Å². The van der Waals surface area contributed by atoms with Crippen LogP contribution in [0.15, 0.2) is 41.2 Å². The molecule has 0 aliphatic carbocycles. The molecule has 2 aromatic carbocycles. The van der Waals surface area contributed by atoms with Gasteiger partial charge in [-0.15, -0.1) is 0 Å². The summed E-state index contributed by atoms with van der Waals surface area (Å²) in [4.78, 5) is 20.1. The molecule has 1 atom stereocenters. The van der Waals surface area contributed by atoms with Crippen molar-refractivity contribution in [2.24, 2.45) is 5.92 Å². The summed E-state index contributed by atoms with van der Waals surface area (Å²) in [5.74, 6) is 2.53. The van der Waals surface area contributed by atoms with E-state index in [4.69, 9.17) is 9.47 Å². The van der Waals surface area contributed by atoms with Crippen molar-refractivity contribution in [3.63, 3.8) is 0 Å². The summed E-state index contributed by atoms with van der Waals surface area (Å²) in [6.45, 7) is 9.21. The third kappa shape index (κ3) is 4.65. The van der Waals surface area contributed by atoms with Gasteiger partial charge < -0.3 is 19.8 Å². The molecule has 3 aromatic rings. The van der Waals surface area contributed by atoms with Crippen LogP contribution < -0.4 is 20.3 Å². The van der Waals surface area contributed by atoms with Crippen molar-refractivity contribution in [3.8, 4) is 11.5 Å². The van der Waals surface area contributed by atoms with Crippen molar-refractivity contribution < 1.29 is 9.47 Å². The average molecular weight is 410 g/mol. The number of aromatic amines is 1. The first-order valence-electron chi connectivity index (χ1n) is 10.3. The summed E-state index contributed by atoms with van der Waals surface area (Å²) in [6, 6.07) is 12.3. The molecule has 2 N–H and O–H groups in total. The van der Waals surface area contributed by atoms with Gasteiger partial charge in [-0.2, -0.15) is 0 Å². The normalized spacial score (nSPS) is 12.5. The molecule has 1 heterocycles. The third-order valence-corrected chi connectivity index (χ3v) is 5.38. The molecule has 0 spiro atoms. The molecule has 0 aliphatic heterocycles. The largest absolute Gasteiger partial charge is 0.493 e. The highest BCUT2D eigenvalue weighted by molar-refractivity contribution is 5.81. The number of hydrogen-bond donors (Lipinski definition) is 2. The van der Waals surface area contributed by atoms with Gasteiger partial charge in [0.05, 0.1) is 31.7 Å². The maximum absolute atomic E-state index is 12.6. The Bertz CT molecular complexity index is 1060. The Kier molecular flexibility index (Phi) is 6.77. The first kappa shape index (κ1) is 21.8. The van der Waals surface area contributed by atoms with Gasteiger partial charge in [-0.05, 0) is 29.0 Å². The fraction of sp³-hybridized carbons (Fsp3) is 0.417. The van der Waals surface area contributed by atoms with E-state index in [1.165, 1.54) is 11.1 Å². The lowest BCUT2D eigenvalue weighted by atomic mass is 9.93. The average Bonchev–Trinajstić information content (AvgIpc) is 2.73. The molecule has 6 heteroatoms. The van der Waals surface area contributed by atoms with Gasteiger partial charge >= 0.3 is 0 Å². The lowest BCUT2D eigenvalue weighted by Gasteiger charge is -2.23. The zero-order valence-electron chi connectivity index (χ0n) is 18.6. The van der Waals surface area contributed by atoms with Gasteiger partial charge in [-0.3, -0.25) is 4.79 Å². The number of ether oxygens (including phenoxy) is 2. The number of nitrogens with zero attached hydrogens (tertiary/aromatic N) is 1. The Morgan fingerprint density at radius 3 is 2.13 bits per heavy atom. The Morgan fingerprint density at radius 1 is 0.967 bits per heavy atom. The van der Waals surface area contributed by atoms with E-state index in [9.17, 15) is 4.79 Å². The molecule has 0 radical (unpaired) electrons. The third-order valence-electron chi connectivity index (χ3n) is 5.38. The summed E-state index contributed by atoms with van der Waals surface area (Å²) < 4.78 is 10.6. The Balaban J connectivity index is 1.86. The number of benzene rings is 2. The lowest BCUT2D eigenvalue weighted by molar-refractivity contribution is 0.355. The molecule has 0 fully saturated rings. The molecule has 0 amide bonds. The molecule has 0 aliphatic rings. The summed E-state index contributed by atoms with van der Waals surface area (Å²) >= 11 is 0. The maximum Gasteiger partial charge on any atom is 0.258 e. The molecular weight excluding hydrogens is 378 g/mol. The SMILES string of the molecule is COc1cc2nc(CN[C@@H](c3ccc(C(C)C)cc3)C(C)C)[nH]c(=O)c2cc1OC. The van der Waals surface area contributed by atoms with Crippen LogP contribution in [0.4, 0.5) is 0 Å². The monoisotopic (exact) mass is 409 g/mol. The Morgan fingerprint density at radius 2 is 1.57 bits per heavy atom. The van der Waals surface area contributed by atoms with Gasteiger partial charge in [-0.1, -0.05) is 52.0 Å². The number of aromatic nitrogens is 2. The smallest absolute Gasteiger partial charge is 0.258 e. The topological polar surface area (TPSA) is 76.2 Å². The first-order chi connectivity index (χ1) is 14.3. The fourth-order valence-corrected chi connectivity index (χ4v) is 3.63. The summed E-state index contributed by atoms with van der Waals surface area (Å²) in [7, 11) is 3.11. The van der Waals surface area contributed by atoms with Crippen molar-refractivity contribution in [2.75, 3.05) is 14.2 Å². The van der Waals surface area contributed by atoms with Crippen LogP contribution in [0.5, 0.6) is 11.5 Å². The quantitative estimate of drug-likeness (QED) is 0.571. The van der Waals surface area contributed by atoms with Gasteiger partial charge in [-0.25, -0.2) is 4.98 Å². The van der Waals surface area contributed by atoms with Crippen LogP contribution in [0.3, 0.4) is 0 Å². The highest BCUT2D eigenvalue weighted by Crippen LogP contribution is 2.30. The molecule has 0 unspecified atom stereocenters. The first-order valence-corrected chi connectivity index (χ1v) is 10.3. The van der Waals surface area contributed by atoms with E-state index >= 15 is 0 Å². The lowest BCUT2D eigenvalue weighted by Crippen LogP contribution is -2.27. The summed E-state index contributed by atoms with van der Waals surface area (Å²) in [5, 5.41) is 4.03. The molecule has 6 nitrogen and oxygen atoms in total. The number of nitrogens with one attached hydrogen (secondary N) is 2. The van der Waals surface area contributed by atoms with E-state index in [2.05, 4.69) is 67.2 Å². The highest BCUT2D eigenvalue weighted by atomic mass is 16.5. The fourth-order valence-electron chi connectivity index (χ4n) is 3.63. The minimum atomic E-state index is -0.194. The molecule has 1 aromatic heterocycles. The molecule has 30 heavy (non-hydrogen) atoms. The predicted octanol–water partition coefficient (Wildman–Crippen LogP) is 4.55. The van der Waals surface area contributed by atoms with Gasteiger partial charge in [0.1, 0.15) is 5.82 Å². The van der Waals surface area contributed by atoms with Gasteiger partial charge in [0.2, 0.25) is 0 Å². The van der Waals surface area contributed by atoms with E-state index in [1.807, 2.05) is 0 Å². The van der Waals surface area contributed by atoms with E-state index in [0.717, 1.165) is 0 Å². The number of rotatable bonds is 8. The van der Waals surface area contributed by atoms with E-state index < -0.39 is 0 Å². The summed E-state index contributed by atoms with van der Waals surface area (Å²) in [6.07, 6.45) is 0. The van der Waals surface area contributed by atoms with Crippen LogP contribution in [0.2, 0.25) is 0 Å². The van der Waals surface area contributed by atoms with Crippen molar-refractivity contribution in [2.45, 2.75) is 46.2 Å². The van der Waals surface area contributed by atoms with Crippen molar-refractivity contribution in [1.82, 2.24) is 15.3 Å². The van der Waals surface area contributed by atoms with E-state index in [1.54, 1.807) is 26.4 Å².